The van der Waals surface area contributed by atoms with E-state index in [0.717, 1.165) is 37.5 Å². The summed E-state index contributed by atoms with van der Waals surface area (Å²) in [4.78, 5) is 4.66. The number of rotatable bonds is 5. The first-order valence-corrected chi connectivity index (χ1v) is 7.63. The van der Waals surface area contributed by atoms with Crippen LogP contribution in [0.15, 0.2) is 18.2 Å². The molecule has 1 atom stereocenters. The average molecular weight is 293 g/mol. The second-order valence-electron chi connectivity index (χ2n) is 5.98. The number of likely N-dealkylation sites (N-methyl/N-ethyl adjacent to an activating group) is 1. The Kier molecular flexibility index (Phi) is 5.31. The zero-order chi connectivity index (χ0) is 15.4. The highest BCUT2D eigenvalue weighted by atomic mass is 16.5. The van der Waals surface area contributed by atoms with Crippen LogP contribution in [-0.4, -0.2) is 55.4 Å². The van der Waals surface area contributed by atoms with Crippen molar-refractivity contribution in [1.29, 1.82) is 0 Å². The third-order valence-electron chi connectivity index (χ3n) is 3.96. The summed E-state index contributed by atoms with van der Waals surface area (Å²) in [5, 5.41) is 9.19. The molecule has 1 aliphatic heterocycles. The summed E-state index contributed by atoms with van der Waals surface area (Å²) in [7, 11) is 2.12. The molecule has 1 heterocycles. The van der Waals surface area contributed by atoms with Gasteiger partial charge in [0.1, 0.15) is 5.75 Å². The number of hydrogen-bond donors (Lipinski definition) is 2. The van der Waals surface area contributed by atoms with E-state index in [9.17, 15) is 5.11 Å². The molecule has 5 nitrogen and oxygen atoms in total. The fraction of sp³-hybridized carbons (Fsp3) is 0.625. The molecule has 1 fully saturated rings. The van der Waals surface area contributed by atoms with Crippen LogP contribution in [0.25, 0.3) is 0 Å². The number of ether oxygens (including phenoxy) is 1. The summed E-state index contributed by atoms with van der Waals surface area (Å²) in [5.74, 6) is 0.750. The maximum Gasteiger partial charge on any atom is 0.144 e. The van der Waals surface area contributed by atoms with Crippen LogP contribution < -0.4 is 15.4 Å². The molecule has 1 saturated heterocycles. The van der Waals surface area contributed by atoms with Crippen molar-refractivity contribution in [2.75, 3.05) is 43.9 Å². The lowest BCUT2D eigenvalue weighted by molar-refractivity contribution is 0.171. The maximum absolute atomic E-state index is 9.19. The minimum atomic E-state index is 0.108. The van der Waals surface area contributed by atoms with Gasteiger partial charge in [0.05, 0.1) is 11.8 Å². The van der Waals surface area contributed by atoms with Crippen LogP contribution in [0.2, 0.25) is 0 Å². The standard InChI is InChI=1S/C16H27N3O2/c1-12(2)21-16-10-13(4-5-15(16)17)19-8-7-18(3)14(11-19)6-9-20/h4-5,10,12,14,20H,6-9,11,17H2,1-3H3. The number of hydrogen-bond acceptors (Lipinski definition) is 5. The molecule has 2 rings (SSSR count). The minimum Gasteiger partial charge on any atom is -0.489 e. The van der Waals surface area contributed by atoms with E-state index in [1.54, 1.807) is 0 Å². The molecule has 0 spiro atoms. The van der Waals surface area contributed by atoms with E-state index >= 15 is 0 Å². The zero-order valence-corrected chi connectivity index (χ0v) is 13.2. The smallest absolute Gasteiger partial charge is 0.144 e. The Morgan fingerprint density at radius 2 is 2.14 bits per heavy atom. The van der Waals surface area contributed by atoms with Gasteiger partial charge in [0.2, 0.25) is 0 Å². The van der Waals surface area contributed by atoms with E-state index < -0.39 is 0 Å². The molecular weight excluding hydrogens is 266 g/mol. The number of aliphatic hydroxyl groups excluding tert-OH is 1. The van der Waals surface area contributed by atoms with Crippen molar-refractivity contribution in [1.82, 2.24) is 4.90 Å². The second-order valence-corrected chi connectivity index (χ2v) is 5.98. The minimum absolute atomic E-state index is 0.108. The maximum atomic E-state index is 9.19. The molecule has 0 aliphatic carbocycles. The molecule has 0 aromatic heterocycles. The van der Waals surface area contributed by atoms with Crippen LogP contribution in [0.3, 0.4) is 0 Å². The first-order chi connectivity index (χ1) is 10.0. The summed E-state index contributed by atoms with van der Waals surface area (Å²) < 4.78 is 5.77. The third kappa shape index (κ3) is 4.02. The lowest BCUT2D eigenvalue weighted by atomic mass is 10.1. The van der Waals surface area contributed by atoms with Crippen LogP contribution in [0.5, 0.6) is 5.75 Å². The van der Waals surface area contributed by atoms with E-state index in [1.165, 1.54) is 0 Å². The van der Waals surface area contributed by atoms with E-state index in [4.69, 9.17) is 10.5 Å². The van der Waals surface area contributed by atoms with E-state index in [2.05, 4.69) is 16.8 Å². The van der Waals surface area contributed by atoms with Gasteiger partial charge < -0.3 is 20.5 Å². The predicted molar refractivity (Wildman–Crippen MR) is 87.0 cm³/mol. The molecule has 3 N–H and O–H groups in total. The molecule has 1 unspecified atom stereocenters. The van der Waals surface area contributed by atoms with Gasteiger partial charge in [-0.05, 0) is 39.4 Å². The Morgan fingerprint density at radius 1 is 1.38 bits per heavy atom. The fourth-order valence-corrected chi connectivity index (χ4v) is 2.72. The normalized spacial score (nSPS) is 20.0. The molecule has 1 aromatic carbocycles. The van der Waals surface area contributed by atoms with E-state index in [-0.39, 0.29) is 12.7 Å². The molecule has 0 saturated carbocycles. The fourth-order valence-electron chi connectivity index (χ4n) is 2.72. The third-order valence-corrected chi connectivity index (χ3v) is 3.96. The number of aliphatic hydroxyl groups is 1. The molecule has 0 radical (unpaired) electrons. The summed E-state index contributed by atoms with van der Waals surface area (Å²) in [6.07, 6.45) is 0.911. The van der Waals surface area contributed by atoms with Gasteiger partial charge in [-0.1, -0.05) is 0 Å². The van der Waals surface area contributed by atoms with Crippen LogP contribution in [0.1, 0.15) is 20.3 Å². The van der Waals surface area contributed by atoms with Gasteiger partial charge in [0.15, 0.2) is 0 Å². The first-order valence-electron chi connectivity index (χ1n) is 7.63. The Labute approximate surface area is 127 Å². The van der Waals surface area contributed by atoms with Gasteiger partial charge in [-0.2, -0.15) is 0 Å². The summed E-state index contributed by atoms with van der Waals surface area (Å²) in [6, 6.07) is 6.36. The molecule has 5 heteroatoms. The quantitative estimate of drug-likeness (QED) is 0.807. The lowest BCUT2D eigenvalue weighted by Crippen LogP contribution is -2.51. The predicted octanol–water partition coefficient (Wildman–Crippen LogP) is 1.56. The molecule has 21 heavy (non-hydrogen) atoms. The van der Waals surface area contributed by atoms with Crippen molar-refractivity contribution < 1.29 is 9.84 Å². The van der Waals surface area contributed by atoms with Crippen molar-refractivity contribution in [3.05, 3.63) is 18.2 Å². The van der Waals surface area contributed by atoms with Crippen molar-refractivity contribution in [3.8, 4) is 5.75 Å². The van der Waals surface area contributed by atoms with Gasteiger partial charge in [0, 0.05) is 44.0 Å². The topological polar surface area (TPSA) is 62.0 Å². The molecule has 1 aliphatic rings. The number of anilines is 2. The summed E-state index contributed by atoms with van der Waals surface area (Å²) in [6.45, 7) is 7.12. The van der Waals surface area contributed by atoms with Crippen LogP contribution in [0, 0.1) is 0 Å². The highest BCUT2D eigenvalue weighted by Crippen LogP contribution is 2.30. The van der Waals surface area contributed by atoms with Gasteiger partial charge in [-0.3, -0.25) is 4.90 Å². The Bertz CT molecular complexity index is 465. The molecule has 1 aromatic rings. The SMILES string of the molecule is CC(C)Oc1cc(N2CCN(C)C(CCO)C2)ccc1N. The molecular formula is C16H27N3O2. The van der Waals surface area contributed by atoms with Crippen LogP contribution in [0.4, 0.5) is 11.4 Å². The van der Waals surface area contributed by atoms with Gasteiger partial charge >= 0.3 is 0 Å². The first kappa shape index (κ1) is 15.9. The highest BCUT2D eigenvalue weighted by Gasteiger charge is 2.24. The van der Waals surface area contributed by atoms with Crippen molar-refractivity contribution in [3.63, 3.8) is 0 Å². The second kappa shape index (κ2) is 7.00. The van der Waals surface area contributed by atoms with Crippen LogP contribution >= 0.6 is 0 Å². The van der Waals surface area contributed by atoms with Gasteiger partial charge in [-0.15, -0.1) is 0 Å². The monoisotopic (exact) mass is 293 g/mol. The van der Waals surface area contributed by atoms with E-state index in [0.29, 0.717) is 11.7 Å². The highest BCUT2D eigenvalue weighted by molar-refractivity contribution is 5.62. The Balaban J connectivity index is 2.14. The number of nitrogens with two attached hydrogens (primary N) is 1. The lowest BCUT2D eigenvalue weighted by Gasteiger charge is -2.40. The van der Waals surface area contributed by atoms with Gasteiger partial charge in [0.25, 0.3) is 0 Å². The average Bonchev–Trinajstić information content (AvgIpc) is 2.43. The molecule has 0 bridgehead atoms. The summed E-state index contributed by atoms with van der Waals surface area (Å²) in [5.41, 5.74) is 7.79. The van der Waals surface area contributed by atoms with Crippen LogP contribution in [-0.2, 0) is 0 Å². The van der Waals surface area contributed by atoms with Gasteiger partial charge in [-0.25, -0.2) is 0 Å². The number of nitrogens with zero attached hydrogens (tertiary/aromatic N) is 2. The Hall–Kier alpha value is -1.46. The number of nitrogen functional groups attached to an aromatic ring is 1. The Morgan fingerprint density at radius 3 is 2.81 bits per heavy atom. The molecule has 118 valence electrons. The molecule has 0 amide bonds. The van der Waals surface area contributed by atoms with Crippen molar-refractivity contribution in [2.24, 2.45) is 0 Å². The summed E-state index contributed by atoms with van der Waals surface area (Å²) >= 11 is 0. The van der Waals surface area contributed by atoms with Crippen molar-refractivity contribution >= 4 is 11.4 Å². The number of piperazine rings is 1. The van der Waals surface area contributed by atoms with E-state index in [1.807, 2.05) is 32.0 Å². The number of benzene rings is 1. The largest absolute Gasteiger partial charge is 0.489 e. The zero-order valence-electron chi connectivity index (χ0n) is 13.2. The van der Waals surface area contributed by atoms with Crippen molar-refractivity contribution in [2.45, 2.75) is 32.4 Å².